The van der Waals surface area contributed by atoms with Gasteiger partial charge in [-0.05, 0) is 32.0 Å². The lowest BCUT2D eigenvalue weighted by molar-refractivity contribution is -0.117. The van der Waals surface area contributed by atoms with Crippen LogP contribution in [0.2, 0.25) is 5.02 Å². The van der Waals surface area contributed by atoms with Gasteiger partial charge in [-0.15, -0.1) is 0 Å². The Bertz CT molecular complexity index is 441. The fourth-order valence-corrected chi connectivity index (χ4v) is 2.33. The number of benzene rings is 1. The molecular formula is C13H18BrClN2O2. The van der Waals surface area contributed by atoms with Gasteiger partial charge in [-0.25, -0.2) is 0 Å². The fraction of sp³-hybridized carbons (Fsp3) is 0.462. The molecule has 0 fully saturated rings. The minimum atomic E-state index is -0.147. The summed E-state index contributed by atoms with van der Waals surface area (Å²) in [6, 6.07) is 5.48. The number of hydrogen-bond donors (Lipinski definition) is 2. The highest BCUT2D eigenvalue weighted by Gasteiger charge is 2.14. The van der Waals surface area contributed by atoms with Crippen LogP contribution >= 0.6 is 27.5 Å². The monoisotopic (exact) mass is 348 g/mol. The molecule has 0 radical (unpaired) electrons. The number of aliphatic hydroxyl groups is 1. The molecule has 0 saturated heterocycles. The number of nitrogens with zero attached hydrogens (tertiary/aromatic N) is 1. The summed E-state index contributed by atoms with van der Waals surface area (Å²) in [6.45, 7) is 4.69. The topological polar surface area (TPSA) is 52.6 Å². The van der Waals surface area contributed by atoms with Gasteiger partial charge >= 0.3 is 0 Å². The van der Waals surface area contributed by atoms with Gasteiger partial charge in [-0.1, -0.05) is 27.5 Å². The van der Waals surface area contributed by atoms with Crippen molar-refractivity contribution in [3.63, 3.8) is 0 Å². The maximum atomic E-state index is 11.9. The smallest absolute Gasteiger partial charge is 0.238 e. The Morgan fingerprint density at radius 3 is 2.74 bits per heavy atom. The molecule has 1 amide bonds. The molecule has 4 nitrogen and oxygen atoms in total. The summed E-state index contributed by atoms with van der Waals surface area (Å²) in [7, 11) is 0. The van der Waals surface area contributed by atoms with Crippen molar-refractivity contribution in [3.05, 3.63) is 27.7 Å². The number of anilines is 1. The second-order valence-electron chi connectivity index (χ2n) is 4.46. The first-order valence-electron chi connectivity index (χ1n) is 6.04. The third kappa shape index (κ3) is 5.48. The molecule has 0 spiro atoms. The Hall–Kier alpha value is -0.620. The molecule has 0 bridgehead atoms. The average molecular weight is 350 g/mol. The number of carbonyl (C=O) groups excluding carboxylic acids is 1. The predicted octanol–water partition coefficient (Wildman–Crippen LogP) is 2.74. The predicted molar refractivity (Wildman–Crippen MR) is 81.6 cm³/mol. The van der Waals surface area contributed by atoms with E-state index in [0.29, 0.717) is 17.3 Å². The van der Waals surface area contributed by atoms with E-state index in [-0.39, 0.29) is 25.1 Å². The van der Waals surface area contributed by atoms with Gasteiger partial charge in [0.05, 0.1) is 23.9 Å². The third-order valence-corrected chi connectivity index (χ3v) is 3.48. The van der Waals surface area contributed by atoms with E-state index in [2.05, 4.69) is 21.2 Å². The quantitative estimate of drug-likeness (QED) is 0.830. The third-order valence-electron chi connectivity index (χ3n) is 2.67. The molecule has 0 unspecified atom stereocenters. The van der Waals surface area contributed by atoms with Crippen molar-refractivity contribution in [2.24, 2.45) is 0 Å². The van der Waals surface area contributed by atoms with Crippen LogP contribution in [0.5, 0.6) is 0 Å². The zero-order valence-electron chi connectivity index (χ0n) is 11.0. The lowest BCUT2D eigenvalue weighted by Gasteiger charge is -2.24. The first kappa shape index (κ1) is 16.4. The summed E-state index contributed by atoms with van der Waals surface area (Å²) in [6.07, 6.45) is 0. The molecule has 0 heterocycles. The van der Waals surface area contributed by atoms with E-state index in [0.717, 1.165) is 4.47 Å². The Morgan fingerprint density at radius 1 is 1.53 bits per heavy atom. The summed E-state index contributed by atoms with van der Waals surface area (Å²) < 4.78 is 0.861. The van der Waals surface area contributed by atoms with Crippen LogP contribution in [0, 0.1) is 0 Å². The Kier molecular flexibility index (Phi) is 6.79. The number of hydrogen-bond acceptors (Lipinski definition) is 3. The van der Waals surface area contributed by atoms with Crippen molar-refractivity contribution in [2.45, 2.75) is 19.9 Å². The molecule has 1 rings (SSSR count). The highest BCUT2D eigenvalue weighted by Crippen LogP contribution is 2.25. The standard InChI is InChI=1S/C13H18BrClN2O2/c1-9(2)17(5-6-18)8-13(19)16-12-4-3-10(14)7-11(12)15/h3-4,7,9,18H,5-6,8H2,1-2H3,(H,16,19). The van der Waals surface area contributed by atoms with Crippen LogP contribution in [0.4, 0.5) is 5.69 Å². The number of carbonyl (C=O) groups is 1. The number of halogens is 2. The van der Waals surface area contributed by atoms with Gasteiger partial charge in [0, 0.05) is 17.1 Å². The summed E-state index contributed by atoms with van der Waals surface area (Å²) in [5.41, 5.74) is 0.586. The van der Waals surface area contributed by atoms with Crippen molar-refractivity contribution < 1.29 is 9.90 Å². The molecule has 0 saturated carbocycles. The van der Waals surface area contributed by atoms with Gasteiger partial charge in [-0.3, -0.25) is 9.69 Å². The molecular weight excluding hydrogens is 332 g/mol. The van der Waals surface area contributed by atoms with Crippen molar-refractivity contribution >= 4 is 39.1 Å². The molecule has 0 aliphatic heterocycles. The van der Waals surface area contributed by atoms with Crippen molar-refractivity contribution in [3.8, 4) is 0 Å². The summed E-state index contributed by atoms with van der Waals surface area (Å²) in [5, 5.41) is 12.2. The van der Waals surface area contributed by atoms with Crippen LogP contribution in [0.25, 0.3) is 0 Å². The van der Waals surface area contributed by atoms with Gasteiger partial charge in [0.25, 0.3) is 0 Å². The van der Waals surface area contributed by atoms with Crippen molar-refractivity contribution in [2.75, 3.05) is 25.0 Å². The minimum absolute atomic E-state index is 0.0322. The molecule has 0 aliphatic carbocycles. The van der Waals surface area contributed by atoms with Gasteiger partial charge in [0.2, 0.25) is 5.91 Å². The van der Waals surface area contributed by atoms with Gasteiger partial charge in [0.1, 0.15) is 0 Å². The van der Waals surface area contributed by atoms with E-state index in [9.17, 15) is 4.79 Å². The molecule has 2 N–H and O–H groups in total. The first-order valence-corrected chi connectivity index (χ1v) is 7.21. The number of aliphatic hydroxyl groups excluding tert-OH is 1. The highest BCUT2D eigenvalue weighted by molar-refractivity contribution is 9.10. The normalized spacial score (nSPS) is 11.1. The number of amides is 1. The maximum absolute atomic E-state index is 11.9. The zero-order chi connectivity index (χ0) is 14.4. The Balaban J connectivity index is 2.63. The zero-order valence-corrected chi connectivity index (χ0v) is 13.3. The molecule has 0 aliphatic rings. The van der Waals surface area contributed by atoms with Crippen LogP contribution in [0.1, 0.15) is 13.8 Å². The molecule has 1 aromatic rings. The average Bonchev–Trinajstić information content (AvgIpc) is 2.32. The van der Waals surface area contributed by atoms with E-state index < -0.39 is 0 Å². The maximum Gasteiger partial charge on any atom is 0.238 e. The lowest BCUT2D eigenvalue weighted by Crippen LogP contribution is -2.39. The molecule has 19 heavy (non-hydrogen) atoms. The largest absolute Gasteiger partial charge is 0.395 e. The minimum Gasteiger partial charge on any atom is -0.395 e. The second kappa shape index (κ2) is 7.85. The Labute approximate surface area is 126 Å². The van der Waals surface area contributed by atoms with Crippen molar-refractivity contribution in [1.82, 2.24) is 4.90 Å². The molecule has 0 atom stereocenters. The summed E-state index contributed by atoms with van der Waals surface area (Å²) in [5.74, 6) is -0.147. The van der Waals surface area contributed by atoms with E-state index in [1.165, 1.54) is 0 Å². The van der Waals surface area contributed by atoms with E-state index in [1.54, 1.807) is 12.1 Å². The van der Waals surface area contributed by atoms with Gasteiger partial charge < -0.3 is 10.4 Å². The van der Waals surface area contributed by atoms with E-state index >= 15 is 0 Å². The van der Waals surface area contributed by atoms with Crippen LogP contribution in [-0.2, 0) is 4.79 Å². The van der Waals surface area contributed by atoms with Crippen LogP contribution < -0.4 is 5.32 Å². The molecule has 0 aromatic heterocycles. The van der Waals surface area contributed by atoms with Crippen molar-refractivity contribution in [1.29, 1.82) is 0 Å². The van der Waals surface area contributed by atoms with E-state index in [4.69, 9.17) is 16.7 Å². The summed E-state index contributed by atoms with van der Waals surface area (Å²) in [4.78, 5) is 13.8. The lowest BCUT2D eigenvalue weighted by atomic mass is 10.3. The van der Waals surface area contributed by atoms with Crippen LogP contribution in [0.15, 0.2) is 22.7 Å². The number of nitrogens with one attached hydrogen (secondary N) is 1. The Morgan fingerprint density at radius 2 is 2.21 bits per heavy atom. The molecule has 6 heteroatoms. The molecule has 106 valence electrons. The van der Waals surface area contributed by atoms with E-state index in [1.807, 2.05) is 24.8 Å². The fourth-order valence-electron chi connectivity index (χ4n) is 1.61. The van der Waals surface area contributed by atoms with Gasteiger partial charge in [0.15, 0.2) is 0 Å². The van der Waals surface area contributed by atoms with Crippen LogP contribution in [-0.4, -0.2) is 41.7 Å². The molecule has 1 aromatic carbocycles. The second-order valence-corrected chi connectivity index (χ2v) is 5.78. The highest BCUT2D eigenvalue weighted by atomic mass is 79.9. The van der Waals surface area contributed by atoms with Gasteiger partial charge in [-0.2, -0.15) is 0 Å². The first-order chi connectivity index (χ1) is 8.93. The SMILES string of the molecule is CC(C)N(CCO)CC(=O)Nc1ccc(Br)cc1Cl. The van der Waals surface area contributed by atoms with Crippen LogP contribution in [0.3, 0.4) is 0 Å². The number of rotatable bonds is 6. The summed E-state index contributed by atoms with van der Waals surface area (Å²) >= 11 is 9.34.